The van der Waals surface area contributed by atoms with Crippen LogP contribution >= 0.6 is 0 Å². The fraction of sp³-hybridized carbons (Fsp3) is 0.467. The molecule has 2 N–H and O–H groups in total. The maximum atomic E-state index is 11.7. The Hall–Kier alpha value is -1.84. The van der Waals surface area contributed by atoms with Crippen molar-refractivity contribution >= 4 is 11.9 Å². The molecule has 1 saturated carbocycles. The van der Waals surface area contributed by atoms with Gasteiger partial charge in [-0.3, -0.25) is 9.59 Å². The van der Waals surface area contributed by atoms with E-state index in [1.807, 2.05) is 44.2 Å². The van der Waals surface area contributed by atoms with Gasteiger partial charge < -0.3 is 10.2 Å². The highest BCUT2D eigenvalue weighted by molar-refractivity contribution is 6.06. The Balaban J connectivity index is 2.64. The van der Waals surface area contributed by atoms with E-state index in [2.05, 4.69) is 0 Å². The summed E-state index contributed by atoms with van der Waals surface area (Å²) in [4.78, 5) is 23.3. The number of carboxylic acid groups (broad SMARTS) is 2. The molecule has 1 fully saturated rings. The molecule has 2 rings (SSSR count). The van der Waals surface area contributed by atoms with Crippen LogP contribution in [-0.2, 0) is 15.0 Å². The molecule has 2 atom stereocenters. The van der Waals surface area contributed by atoms with Gasteiger partial charge >= 0.3 is 11.9 Å². The second-order valence-corrected chi connectivity index (χ2v) is 5.07. The zero-order chi connectivity index (χ0) is 14.3. The molecule has 102 valence electrons. The number of hydrogen-bond acceptors (Lipinski definition) is 2. The highest BCUT2D eigenvalue weighted by Gasteiger charge is 2.84. The molecule has 4 nitrogen and oxygen atoms in total. The molecule has 0 aliphatic heterocycles. The average molecular weight is 262 g/mol. The number of hydrogen-bond donors (Lipinski definition) is 2. The summed E-state index contributed by atoms with van der Waals surface area (Å²) in [6, 6.07) is 9.16. The van der Waals surface area contributed by atoms with E-state index < -0.39 is 22.8 Å². The lowest BCUT2D eigenvalue weighted by Crippen LogP contribution is -2.34. The number of carbonyl (C=O) groups is 2. The van der Waals surface area contributed by atoms with Crippen LogP contribution in [0.15, 0.2) is 30.3 Å². The molecule has 1 aliphatic carbocycles. The maximum absolute atomic E-state index is 11.7. The summed E-state index contributed by atoms with van der Waals surface area (Å²) in [5.74, 6) is -2.81. The van der Waals surface area contributed by atoms with Crippen molar-refractivity contribution in [3.63, 3.8) is 0 Å². The SMILES string of the molecule is CCC1C(C(=O)O)(C(=O)O)[C@]1(CC)c1ccccc1. The third kappa shape index (κ3) is 1.40. The minimum atomic E-state index is -1.68. The standard InChI is InChI=1S/C15H18O4/c1-3-11-14(4-2,10-8-6-5-7-9-10)15(11,12(16)17)13(18)19/h5-9,11H,3-4H2,1-2H3,(H,16,17)(H,18,19)/t11?,14-/m1/s1. The van der Waals surface area contributed by atoms with Crippen LogP contribution in [0.4, 0.5) is 0 Å². The number of carboxylic acids is 2. The van der Waals surface area contributed by atoms with Gasteiger partial charge in [0.05, 0.1) is 0 Å². The highest BCUT2D eigenvalue weighted by atomic mass is 16.4. The lowest BCUT2D eigenvalue weighted by molar-refractivity contribution is -0.159. The summed E-state index contributed by atoms with van der Waals surface area (Å²) in [5, 5.41) is 19.0. The zero-order valence-electron chi connectivity index (χ0n) is 11.1. The number of benzene rings is 1. The van der Waals surface area contributed by atoms with Crippen molar-refractivity contribution in [2.75, 3.05) is 0 Å². The molecule has 0 radical (unpaired) electrons. The van der Waals surface area contributed by atoms with Crippen molar-refractivity contribution in [2.45, 2.75) is 32.1 Å². The Morgan fingerprint density at radius 3 is 1.95 bits per heavy atom. The first-order chi connectivity index (χ1) is 9.00. The Morgan fingerprint density at radius 2 is 1.63 bits per heavy atom. The Kier molecular flexibility index (Phi) is 3.12. The first-order valence-corrected chi connectivity index (χ1v) is 6.52. The van der Waals surface area contributed by atoms with Crippen LogP contribution in [0.25, 0.3) is 0 Å². The Labute approximate surface area is 112 Å². The normalized spacial score (nSPS) is 27.8. The zero-order valence-corrected chi connectivity index (χ0v) is 11.1. The van der Waals surface area contributed by atoms with Crippen LogP contribution in [0, 0.1) is 11.3 Å². The predicted octanol–water partition coefficient (Wildman–Crippen LogP) is 2.53. The third-order valence-corrected chi connectivity index (χ3v) is 4.67. The molecule has 0 heterocycles. The van der Waals surface area contributed by atoms with E-state index in [9.17, 15) is 19.8 Å². The van der Waals surface area contributed by atoms with Gasteiger partial charge in [0.15, 0.2) is 5.41 Å². The molecule has 19 heavy (non-hydrogen) atoms. The molecule has 0 aromatic heterocycles. The molecule has 1 unspecified atom stereocenters. The van der Waals surface area contributed by atoms with E-state index in [0.29, 0.717) is 12.8 Å². The topological polar surface area (TPSA) is 74.6 Å². The minimum absolute atomic E-state index is 0.359. The quantitative estimate of drug-likeness (QED) is 0.800. The monoisotopic (exact) mass is 262 g/mol. The van der Waals surface area contributed by atoms with Crippen molar-refractivity contribution in [1.82, 2.24) is 0 Å². The van der Waals surface area contributed by atoms with Gasteiger partial charge in [0.2, 0.25) is 0 Å². The molecular formula is C15H18O4. The molecule has 1 aliphatic rings. The van der Waals surface area contributed by atoms with Crippen LogP contribution in [0.1, 0.15) is 32.3 Å². The van der Waals surface area contributed by atoms with Crippen LogP contribution in [-0.4, -0.2) is 22.2 Å². The second-order valence-electron chi connectivity index (χ2n) is 5.07. The van der Waals surface area contributed by atoms with E-state index in [1.54, 1.807) is 0 Å². The minimum Gasteiger partial charge on any atom is -0.480 e. The van der Waals surface area contributed by atoms with E-state index in [0.717, 1.165) is 5.56 Å². The summed E-state index contributed by atoms with van der Waals surface area (Å²) in [6.07, 6.45) is 1.05. The largest absolute Gasteiger partial charge is 0.480 e. The van der Waals surface area contributed by atoms with E-state index in [4.69, 9.17) is 0 Å². The first kappa shape index (κ1) is 13.6. The van der Waals surface area contributed by atoms with Gasteiger partial charge in [0.1, 0.15) is 0 Å². The smallest absolute Gasteiger partial charge is 0.322 e. The van der Waals surface area contributed by atoms with Crippen molar-refractivity contribution < 1.29 is 19.8 Å². The van der Waals surface area contributed by atoms with Crippen LogP contribution in [0.2, 0.25) is 0 Å². The van der Waals surface area contributed by atoms with Crippen molar-refractivity contribution in [2.24, 2.45) is 11.3 Å². The molecule has 1 aromatic carbocycles. The predicted molar refractivity (Wildman–Crippen MR) is 69.9 cm³/mol. The lowest BCUT2D eigenvalue weighted by Gasteiger charge is -2.19. The summed E-state index contributed by atoms with van der Waals surface area (Å²) in [7, 11) is 0. The molecule has 0 saturated heterocycles. The van der Waals surface area contributed by atoms with Gasteiger partial charge in [-0.25, -0.2) is 0 Å². The van der Waals surface area contributed by atoms with E-state index in [-0.39, 0.29) is 5.92 Å². The van der Waals surface area contributed by atoms with E-state index in [1.165, 1.54) is 0 Å². The fourth-order valence-electron chi connectivity index (χ4n) is 3.94. The summed E-state index contributed by atoms with van der Waals surface area (Å²) in [6.45, 7) is 3.72. The Bertz CT molecular complexity index is 494. The van der Waals surface area contributed by atoms with Gasteiger partial charge in [-0.05, 0) is 17.9 Å². The Morgan fingerprint density at radius 1 is 1.11 bits per heavy atom. The van der Waals surface area contributed by atoms with Crippen LogP contribution in [0.5, 0.6) is 0 Å². The number of aliphatic carboxylic acids is 2. The third-order valence-electron chi connectivity index (χ3n) is 4.67. The van der Waals surface area contributed by atoms with Crippen molar-refractivity contribution in [3.8, 4) is 0 Å². The van der Waals surface area contributed by atoms with Gasteiger partial charge in [-0.2, -0.15) is 0 Å². The molecule has 0 amide bonds. The highest BCUT2D eigenvalue weighted by Crippen LogP contribution is 2.73. The molecule has 1 aromatic rings. The molecule has 0 bridgehead atoms. The van der Waals surface area contributed by atoms with Crippen LogP contribution in [0.3, 0.4) is 0 Å². The molecular weight excluding hydrogens is 244 g/mol. The summed E-state index contributed by atoms with van der Waals surface area (Å²) in [5.41, 5.74) is -1.66. The second kappa shape index (κ2) is 4.37. The lowest BCUT2D eigenvalue weighted by atomic mass is 9.83. The van der Waals surface area contributed by atoms with Gasteiger partial charge in [-0.15, -0.1) is 0 Å². The molecule has 4 heteroatoms. The number of rotatable bonds is 5. The first-order valence-electron chi connectivity index (χ1n) is 6.52. The van der Waals surface area contributed by atoms with Crippen molar-refractivity contribution in [3.05, 3.63) is 35.9 Å². The van der Waals surface area contributed by atoms with Crippen LogP contribution < -0.4 is 0 Å². The molecule has 0 spiro atoms. The summed E-state index contributed by atoms with van der Waals surface area (Å²) >= 11 is 0. The van der Waals surface area contributed by atoms with Crippen molar-refractivity contribution in [1.29, 1.82) is 0 Å². The van der Waals surface area contributed by atoms with Gasteiger partial charge in [0, 0.05) is 5.41 Å². The van der Waals surface area contributed by atoms with Gasteiger partial charge in [0.25, 0.3) is 0 Å². The maximum Gasteiger partial charge on any atom is 0.322 e. The average Bonchev–Trinajstić information content (AvgIpc) is 3.04. The van der Waals surface area contributed by atoms with E-state index >= 15 is 0 Å². The van der Waals surface area contributed by atoms with Gasteiger partial charge in [-0.1, -0.05) is 50.6 Å². The summed E-state index contributed by atoms with van der Waals surface area (Å²) < 4.78 is 0. The fourth-order valence-corrected chi connectivity index (χ4v) is 3.94.